The normalized spacial score (nSPS) is 14.1. The van der Waals surface area contributed by atoms with Gasteiger partial charge < -0.3 is 9.64 Å². The lowest BCUT2D eigenvalue weighted by molar-refractivity contribution is 0.102. The van der Waals surface area contributed by atoms with Gasteiger partial charge in [0.2, 0.25) is 0 Å². The highest BCUT2D eigenvalue weighted by Gasteiger charge is 2.15. The zero-order valence-electron chi connectivity index (χ0n) is 15.1. The van der Waals surface area contributed by atoms with Crippen LogP contribution in [0.4, 0.5) is 10.9 Å². The quantitative estimate of drug-likeness (QED) is 0.686. The second kappa shape index (κ2) is 8.68. The fourth-order valence-corrected chi connectivity index (χ4v) is 4.00. The SMILES string of the molecule is O=C(Nc1ncc(Cc2ccccc2Cl)s1)c1ccnc(N2CCOCC2)c1. The Bertz CT molecular complexity index is 972. The number of nitrogens with zero attached hydrogens (tertiary/aromatic N) is 3. The van der Waals surface area contributed by atoms with Gasteiger partial charge in [0, 0.05) is 47.4 Å². The number of pyridine rings is 1. The molecule has 1 N–H and O–H groups in total. The molecule has 2 aromatic heterocycles. The van der Waals surface area contributed by atoms with E-state index in [1.54, 1.807) is 24.5 Å². The maximum Gasteiger partial charge on any atom is 0.257 e. The molecule has 144 valence electrons. The van der Waals surface area contributed by atoms with Gasteiger partial charge in [-0.05, 0) is 23.8 Å². The van der Waals surface area contributed by atoms with Crippen LogP contribution in [0, 0.1) is 0 Å². The Kier molecular flexibility index (Phi) is 5.85. The first-order valence-corrected chi connectivity index (χ1v) is 10.2. The minimum atomic E-state index is -0.199. The fourth-order valence-electron chi connectivity index (χ4n) is 2.97. The summed E-state index contributed by atoms with van der Waals surface area (Å²) in [5, 5.41) is 4.17. The number of halogens is 1. The van der Waals surface area contributed by atoms with Crippen molar-refractivity contribution in [2.24, 2.45) is 0 Å². The minimum absolute atomic E-state index is 0.199. The van der Waals surface area contributed by atoms with Crippen LogP contribution in [0.5, 0.6) is 0 Å². The zero-order valence-corrected chi connectivity index (χ0v) is 16.7. The molecule has 8 heteroatoms. The van der Waals surface area contributed by atoms with Gasteiger partial charge in [-0.25, -0.2) is 9.97 Å². The minimum Gasteiger partial charge on any atom is -0.378 e. The number of morpholine rings is 1. The topological polar surface area (TPSA) is 67.4 Å². The van der Waals surface area contributed by atoms with Gasteiger partial charge in [-0.1, -0.05) is 29.8 Å². The lowest BCUT2D eigenvalue weighted by atomic mass is 10.1. The first-order valence-electron chi connectivity index (χ1n) is 8.97. The van der Waals surface area contributed by atoms with Crippen molar-refractivity contribution >= 4 is 39.8 Å². The van der Waals surface area contributed by atoms with Gasteiger partial charge in [0.1, 0.15) is 5.82 Å². The summed E-state index contributed by atoms with van der Waals surface area (Å²) >= 11 is 7.67. The highest BCUT2D eigenvalue weighted by molar-refractivity contribution is 7.15. The molecule has 1 aromatic carbocycles. The summed E-state index contributed by atoms with van der Waals surface area (Å²) in [4.78, 5) is 24.5. The highest BCUT2D eigenvalue weighted by atomic mass is 35.5. The van der Waals surface area contributed by atoms with E-state index in [1.165, 1.54) is 11.3 Å². The molecule has 0 unspecified atom stereocenters. The standard InChI is InChI=1S/C20H19ClN4O2S/c21-17-4-2-1-3-14(17)11-16-13-23-20(28-16)24-19(26)15-5-6-22-18(12-15)25-7-9-27-10-8-25/h1-6,12-13H,7-11H2,(H,23,24,26). The van der Waals surface area contributed by atoms with Crippen molar-refractivity contribution in [3.63, 3.8) is 0 Å². The van der Waals surface area contributed by atoms with Crippen LogP contribution in [0.25, 0.3) is 0 Å². The van der Waals surface area contributed by atoms with Crippen molar-refractivity contribution in [2.45, 2.75) is 6.42 Å². The molecule has 6 nitrogen and oxygen atoms in total. The van der Waals surface area contributed by atoms with Crippen LogP contribution in [0.15, 0.2) is 48.8 Å². The van der Waals surface area contributed by atoms with E-state index in [4.69, 9.17) is 16.3 Å². The summed E-state index contributed by atoms with van der Waals surface area (Å²) in [6.07, 6.45) is 4.11. The number of carbonyl (C=O) groups is 1. The van der Waals surface area contributed by atoms with Crippen molar-refractivity contribution in [1.29, 1.82) is 0 Å². The molecule has 0 atom stereocenters. The van der Waals surface area contributed by atoms with Gasteiger partial charge >= 0.3 is 0 Å². The predicted octanol–water partition coefficient (Wildman–Crippen LogP) is 3.87. The average Bonchev–Trinajstić information content (AvgIpc) is 3.17. The van der Waals surface area contributed by atoms with E-state index in [0.717, 1.165) is 34.4 Å². The molecule has 4 rings (SSSR count). The lowest BCUT2D eigenvalue weighted by Crippen LogP contribution is -2.36. The molecule has 1 saturated heterocycles. The molecule has 0 spiro atoms. The Morgan fingerprint density at radius 2 is 2.04 bits per heavy atom. The third kappa shape index (κ3) is 4.49. The highest BCUT2D eigenvalue weighted by Crippen LogP contribution is 2.25. The predicted molar refractivity (Wildman–Crippen MR) is 112 cm³/mol. The van der Waals surface area contributed by atoms with E-state index in [2.05, 4.69) is 20.2 Å². The Balaban J connectivity index is 1.43. The Morgan fingerprint density at radius 1 is 1.21 bits per heavy atom. The second-order valence-corrected chi connectivity index (χ2v) is 7.88. The molecule has 3 heterocycles. The number of ether oxygens (including phenoxy) is 1. The van der Waals surface area contributed by atoms with Crippen LogP contribution in [-0.4, -0.2) is 42.2 Å². The number of rotatable bonds is 5. The summed E-state index contributed by atoms with van der Waals surface area (Å²) in [5.41, 5.74) is 1.59. The third-order valence-electron chi connectivity index (χ3n) is 4.44. The van der Waals surface area contributed by atoms with E-state index >= 15 is 0 Å². The van der Waals surface area contributed by atoms with Gasteiger partial charge in [0.05, 0.1) is 13.2 Å². The number of anilines is 2. The van der Waals surface area contributed by atoms with E-state index in [-0.39, 0.29) is 5.91 Å². The monoisotopic (exact) mass is 414 g/mol. The summed E-state index contributed by atoms with van der Waals surface area (Å²) in [5.74, 6) is 0.588. The second-order valence-electron chi connectivity index (χ2n) is 6.36. The van der Waals surface area contributed by atoms with Crippen LogP contribution in [-0.2, 0) is 11.2 Å². The number of hydrogen-bond acceptors (Lipinski definition) is 6. The summed E-state index contributed by atoms with van der Waals surface area (Å²) in [7, 11) is 0. The van der Waals surface area contributed by atoms with Crippen LogP contribution in [0.2, 0.25) is 5.02 Å². The number of thiazole rings is 1. The van der Waals surface area contributed by atoms with E-state index < -0.39 is 0 Å². The molecule has 1 aliphatic rings. The Morgan fingerprint density at radius 3 is 2.86 bits per heavy atom. The van der Waals surface area contributed by atoms with Crippen molar-refractivity contribution < 1.29 is 9.53 Å². The van der Waals surface area contributed by atoms with Crippen molar-refractivity contribution in [3.8, 4) is 0 Å². The molecule has 1 amide bonds. The molecule has 0 aliphatic carbocycles. The molecule has 1 aliphatic heterocycles. The number of amides is 1. The lowest BCUT2D eigenvalue weighted by Gasteiger charge is -2.27. The Labute approximate surface area is 172 Å². The van der Waals surface area contributed by atoms with Crippen molar-refractivity contribution in [1.82, 2.24) is 9.97 Å². The van der Waals surface area contributed by atoms with Gasteiger partial charge in [-0.3, -0.25) is 10.1 Å². The van der Waals surface area contributed by atoms with Gasteiger partial charge in [-0.15, -0.1) is 11.3 Å². The van der Waals surface area contributed by atoms with Crippen molar-refractivity contribution in [2.75, 3.05) is 36.5 Å². The van der Waals surface area contributed by atoms with Gasteiger partial charge in [-0.2, -0.15) is 0 Å². The van der Waals surface area contributed by atoms with E-state index in [9.17, 15) is 4.79 Å². The number of nitrogens with one attached hydrogen (secondary N) is 1. The van der Waals surface area contributed by atoms with Gasteiger partial charge in [0.25, 0.3) is 5.91 Å². The number of carbonyl (C=O) groups excluding carboxylic acids is 1. The molecule has 0 saturated carbocycles. The van der Waals surface area contributed by atoms with E-state index in [1.807, 2.05) is 24.3 Å². The summed E-state index contributed by atoms with van der Waals surface area (Å²) in [6.45, 7) is 2.89. The first-order chi connectivity index (χ1) is 13.7. The van der Waals surface area contributed by atoms with Crippen LogP contribution >= 0.6 is 22.9 Å². The first kappa shape index (κ1) is 18.9. The molecule has 1 fully saturated rings. The summed E-state index contributed by atoms with van der Waals surface area (Å²) in [6, 6.07) is 11.2. The van der Waals surface area contributed by atoms with Gasteiger partial charge in [0.15, 0.2) is 5.13 Å². The number of benzene rings is 1. The van der Waals surface area contributed by atoms with E-state index in [0.29, 0.717) is 30.3 Å². The smallest absolute Gasteiger partial charge is 0.257 e. The third-order valence-corrected chi connectivity index (χ3v) is 5.72. The van der Waals surface area contributed by atoms with Crippen LogP contribution in [0.3, 0.4) is 0 Å². The maximum absolute atomic E-state index is 12.6. The van der Waals surface area contributed by atoms with Crippen molar-refractivity contribution in [3.05, 3.63) is 69.8 Å². The number of aromatic nitrogens is 2. The fraction of sp³-hybridized carbons (Fsp3) is 0.250. The Hall–Kier alpha value is -2.48. The largest absolute Gasteiger partial charge is 0.378 e. The molecule has 3 aromatic rings. The maximum atomic E-state index is 12.6. The molecule has 0 bridgehead atoms. The zero-order chi connectivity index (χ0) is 19.3. The molecular formula is C20H19ClN4O2S. The molecule has 28 heavy (non-hydrogen) atoms. The molecular weight excluding hydrogens is 396 g/mol. The summed E-state index contributed by atoms with van der Waals surface area (Å²) < 4.78 is 5.37. The van der Waals surface area contributed by atoms with Crippen LogP contribution < -0.4 is 10.2 Å². The average molecular weight is 415 g/mol. The molecule has 0 radical (unpaired) electrons. The number of hydrogen-bond donors (Lipinski definition) is 1. The van der Waals surface area contributed by atoms with Crippen LogP contribution in [0.1, 0.15) is 20.8 Å².